The number of anilines is 1. The number of carbonyl (C=O) groups is 1. The Bertz CT molecular complexity index is 622. The van der Waals surface area contributed by atoms with Gasteiger partial charge in [-0.25, -0.2) is 19.4 Å². The first-order valence-corrected chi connectivity index (χ1v) is 7.95. The Labute approximate surface area is 126 Å². The van der Waals surface area contributed by atoms with Crippen molar-refractivity contribution in [2.75, 3.05) is 5.32 Å². The largest absolute Gasteiger partial charge is 0.333 e. The Hall–Kier alpha value is -1.96. The third kappa shape index (κ3) is 3.38. The molecule has 7 nitrogen and oxygen atoms in total. The number of hydrogen-bond acceptors (Lipinski definition) is 5. The monoisotopic (exact) mass is 306 g/mol. The number of fused-ring (bicyclic) bond motifs is 1. The second-order valence-electron chi connectivity index (χ2n) is 5.07. The molecule has 0 fully saturated rings. The molecule has 112 valence electrons. The molecule has 2 amide bonds. The van der Waals surface area contributed by atoms with Crippen molar-refractivity contribution >= 4 is 22.5 Å². The zero-order valence-corrected chi connectivity index (χ0v) is 12.7. The van der Waals surface area contributed by atoms with Crippen molar-refractivity contribution in [3.05, 3.63) is 23.2 Å². The van der Waals surface area contributed by atoms with Gasteiger partial charge in [0.2, 0.25) is 0 Å². The maximum absolute atomic E-state index is 12.0. The highest BCUT2D eigenvalue weighted by molar-refractivity contribution is 7.15. The number of amides is 2. The lowest BCUT2D eigenvalue weighted by molar-refractivity contribution is 0.243. The Kier molecular flexibility index (Phi) is 4.14. The van der Waals surface area contributed by atoms with Gasteiger partial charge in [0.05, 0.1) is 12.6 Å². The summed E-state index contributed by atoms with van der Waals surface area (Å²) in [6, 6.07) is -0.129. The lowest BCUT2D eigenvalue weighted by Gasteiger charge is -2.23. The molecule has 0 aromatic carbocycles. The molecular weight excluding hydrogens is 288 g/mol. The number of rotatable bonds is 4. The maximum atomic E-state index is 12.0. The highest BCUT2D eigenvalue weighted by Crippen LogP contribution is 2.19. The number of aryl methyl sites for hydroxylation is 2. The van der Waals surface area contributed by atoms with Gasteiger partial charge >= 0.3 is 6.03 Å². The number of carbonyl (C=O) groups excluding carboxylic acids is 1. The predicted octanol–water partition coefficient (Wildman–Crippen LogP) is 1.82. The van der Waals surface area contributed by atoms with Crippen LogP contribution in [-0.2, 0) is 19.4 Å². The van der Waals surface area contributed by atoms with Crippen LogP contribution in [0.4, 0.5) is 9.93 Å². The summed E-state index contributed by atoms with van der Waals surface area (Å²) in [5.41, 5.74) is 0. The summed E-state index contributed by atoms with van der Waals surface area (Å²) in [5, 5.41) is 10.6. The van der Waals surface area contributed by atoms with Gasteiger partial charge in [-0.2, -0.15) is 5.10 Å². The first-order chi connectivity index (χ1) is 10.2. The van der Waals surface area contributed by atoms with E-state index in [1.165, 1.54) is 16.2 Å². The van der Waals surface area contributed by atoms with E-state index >= 15 is 0 Å². The number of thiazole rings is 1. The van der Waals surface area contributed by atoms with Gasteiger partial charge in [-0.05, 0) is 12.8 Å². The van der Waals surface area contributed by atoms with Gasteiger partial charge in [0.15, 0.2) is 5.13 Å². The van der Waals surface area contributed by atoms with Gasteiger partial charge in [0.1, 0.15) is 12.2 Å². The van der Waals surface area contributed by atoms with Gasteiger partial charge in [0, 0.05) is 17.5 Å². The fraction of sp³-hybridized carbons (Fsp3) is 0.538. The Morgan fingerprint density at radius 1 is 1.52 bits per heavy atom. The normalized spacial score (nSPS) is 17.3. The highest BCUT2D eigenvalue weighted by Gasteiger charge is 2.21. The first kappa shape index (κ1) is 14.0. The molecule has 0 saturated heterocycles. The molecule has 1 aliphatic heterocycles. The van der Waals surface area contributed by atoms with Gasteiger partial charge in [-0.1, -0.05) is 13.3 Å². The Morgan fingerprint density at radius 2 is 2.43 bits per heavy atom. The maximum Gasteiger partial charge on any atom is 0.321 e. The van der Waals surface area contributed by atoms with Gasteiger partial charge in [-0.15, -0.1) is 11.3 Å². The number of nitrogens with one attached hydrogen (secondary N) is 2. The molecule has 8 heteroatoms. The predicted molar refractivity (Wildman–Crippen MR) is 80.4 cm³/mol. The third-order valence-electron chi connectivity index (χ3n) is 3.41. The molecule has 21 heavy (non-hydrogen) atoms. The molecule has 3 rings (SSSR count). The zero-order chi connectivity index (χ0) is 14.7. The number of nitrogens with zero attached hydrogens (tertiary/aromatic N) is 4. The summed E-state index contributed by atoms with van der Waals surface area (Å²) in [7, 11) is 0. The minimum absolute atomic E-state index is 0.0780. The van der Waals surface area contributed by atoms with Crippen LogP contribution in [0.2, 0.25) is 0 Å². The molecule has 0 radical (unpaired) electrons. The standard InChI is InChI=1S/C13H18N6OS/c1-2-3-10-6-14-13(21-10)18-12(20)17-9-4-5-11-15-8-16-19(11)7-9/h6,8-9H,2-5,7H2,1H3,(H2,14,17,18,20). The van der Waals surface area contributed by atoms with Crippen molar-refractivity contribution < 1.29 is 4.79 Å². The van der Waals surface area contributed by atoms with Crippen LogP contribution in [0.25, 0.3) is 0 Å². The average molecular weight is 306 g/mol. The molecule has 0 bridgehead atoms. The molecule has 2 aromatic rings. The van der Waals surface area contributed by atoms with Crippen LogP contribution in [0.5, 0.6) is 0 Å². The first-order valence-electron chi connectivity index (χ1n) is 7.13. The van der Waals surface area contributed by atoms with Crippen LogP contribution in [0.3, 0.4) is 0 Å². The van der Waals surface area contributed by atoms with Crippen LogP contribution in [0.1, 0.15) is 30.5 Å². The number of aromatic nitrogens is 4. The summed E-state index contributed by atoms with van der Waals surface area (Å²) in [6.07, 6.45) is 7.18. The topological polar surface area (TPSA) is 84.7 Å². The van der Waals surface area contributed by atoms with E-state index in [9.17, 15) is 4.79 Å². The average Bonchev–Trinajstić information content (AvgIpc) is 3.08. The van der Waals surface area contributed by atoms with E-state index in [0.29, 0.717) is 11.7 Å². The van der Waals surface area contributed by atoms with E-state index in [-0.39, 0.29) is 12.1 Å². The van der Waals surface area contributed by atoms with E-state index in [1.807, 2.05) is 10.9 Å². The van der Waals surface area contributed by atoms with Gasteiger partial charge in [0.25, 0.3) is 0 Å². The number of urea groups is 1. The minimum Gasteiger partial charge on any atom is -0.333 e. The summed E-state index contributed by atoms with van der Waals surface area (Å²) in [6.45, 7) is 2.79. The molecule has 1 atom stereocenters. The van der Waals surface area contributed by atoms with Crippen LogP contribution >= 0.6 is 11.3 Å². The number of hydrogen-bond donors (Lipinski definition) is 2. The van der Waals surface area contributed by atoms with E-state index in [0.717, 1.165) is 31.5 Å². The molecule has 1 unspecified atom stereocenters. The summed E-state index contributed by atoms with van der Waals surface area (Å²) < 4.78 is 1.84. The molecule has 2 N–H and O–H groups in total. The van der Waals surface area contributed by atoms with E-state index in [1.54, 1.807) is 6.33 Å². The lowest BCUT2D eigenvalue weighted by atomic mass is 10.1. The van der Waals surface area contributed by atoms with E-state index in [2.05, 4.69) is 32.6 Å². The molecular formula is C13H18N6OS. The van der Waals surface area contributed by atoms with Crippen LogP contribution in [0.15, 0.2) is 12.5 Å². The van der Waals surface area contributed by atoms with Gasteiger partial charge < -0.3 is 5.32 Å². The Morgan fingerprint density at radius 3 is 3.29 bits per heavy atom. The van der Waals surface area contributed by atoms with E-state index < -0.39 is 0 Å². The van der Waals surface area contributed by atoms with Crippen molar-refractivity contribution in [2.45, 2.75) is 45.2 Å². The highest BCUT2D eigenvalue weighted by atomic mass is 32.1. The second-order valence-corrected chi connectivity index (χ2v) is 6.19. The smallest absolute Gasteiger partial charge is 0.321 e. The van der Waals surface area contributed by atoms with Crippen molar-refractivity contribution in [1.29, 1.82) is 0 Å². The molecule has 2 aromatic heterocycles. The molecule has 1 aliphatic rings. The molecule has 0 spiro atoms. The Balaban J connectivity index is 1.52. The van der Waals surface area contributed by atoms with Crippen molar-refractivity contribution in [1.82, 2.24) is 25.1 Å². The van der Waals surface area contributed by atoms with Crippen molar-refractivity contribution in [3.8, 4) is 0 Å². The molecule has 0 saturated carbocycles. The van der Waals surface area contributed by atoms with Crippen molar-refractivity contribution in [3.63, 3.8) is 0 Å². The lowest BCUT2D eigenvalue weighted by Crippen LogP contribution is -2.43. The van der Waals surface area contributed by atoms with Crippen LogP contribution < -0.4 is 10.6 Å². The fourth-order valence-electron chi connectivity index (χ4n) is 2.40. The minimum atomic E-state index is -0.207. The zero-order valence-electron chi connectivity index (χ0n) is 11.9. The summed E-state index contributed by atoms with van der Waals surface area (Å²) in [5.74, 6) is 0.984. The third-order valence-corrected chi connectivity index (χ3v) is 4.38. The summed E-state index contributed by atoms with van der Waals surface area (Å²) in [4.78, 5) is 21.6. The quantitative estimate of drug-likeness (QED) is 0.902. The SMILES string of the molecule is CCCc1cnc(NC(=O)NC2CCc3ncnn3C2)s1. The second kappa shape index (κ2) is 6.21. The fourth-order valence-corrected chi connectivity index (χ4v) is 3.31. The van der Waals surface area contributed by atoms with Crippen LogP contribution in [0, 0.1) is 0 Å². The molecule has 3 heterocycles. The molecule has 0 aliphatic carbocycles. The van der Waals surface area contributed by atoms with Crippen molar-refractivity contribution in [2.24, 2.45) is 0 Å². The van der Waals surface area contributed by atoms with Crippen LogP contribution in [-0.4, -0.2) is 31.8 Å². The van der Waals surface area contributed by atoms with E-state index in [4.69, 9.17) is 0 Å². The summed E-state index contributed by atoms with van der Waals surface area (Å²) >= 11 is 1.53. The van der Waals surface area contributed by atoms with Gasteiger partial charge in [-0.3, -0.25) is 5.32 Å².